The van der Waals surface area contributed by atoms with Crippen molar-refractivity contribution in [3.63, 3.8) is 0 Å². The van der Waals surface area contributed by atoms with Crippen molar-refractivity contribution in [2.45, 2.75) is 25.8 Å². The molecule has 1 atom stereocenters. The second-order valence-electron chi connectivity index (χ2n) is 5.88. The molecule has 2 aromatic rings. The van der Waals surface area contributed by atoms with E-state index in [4.69, 9.17) is 10.8 Å². The third kappa shape index (κ3) is 2.64. The van der Waals surface area contributed by atoms with Crippen LogP contribution in [0.4, 0.5) is 0 Å². The Morgan fingerprint density at radius 2 is 1.91 bits per heavy atom. The van der Waals surface area contributed by atoms with E-state index >= 15 is 0 Å². The van der Waals surface area contributed by atoms with Crippen LogP contribution in [0, 0.1) is 0 Å². The fraction of sp³-hybridized carbons (Fsp3) is 0.412. The van der Waals surface area contributed by atoms with Crippen LogP contribution >= 0.6 is 0 Å². The lowest BCUT2D eigenvalue weighted by Gasteiger charge is -2.24. The lowest BCUT2D eigenvalue weighted by molar-refractivity contribution is -0.122. The van der Waals surface area contributed by atoms with E-state index in [1.54, 1.807) is 0 Å². The molecule has 0 saturated carbocycles. The average molecular weight is 298 g/mol. The molecule has 0 saturated heterocycles. The summed E-state index contributed by atoms with van der Waals surface area (Å²) >= 11 is 0. The van der Waals surface area contributed by atoms with E-state index in [-0.39, 0.29) is 11.9 Å². The van der Waals surface area contributed by atoms with Gasteiger partial charge in [0, 0.05) is 43.4 Å². The Morgan fingerprint density at radius 3 is 2.59 bits per heavy atom. The summed E-state index contributed by atoms with van der Waals surface area (Å²) in [5.41, 5.74) is 10.2. The zero-order valence-corrected chi connectivity index (χ0v) is 13.1. The highest BCUT2D eigenvalue weighted by molar-refractivity contribution is 5.79. The van der Waals surface area contributed by atoms with E-state index in [0.29, 0.717) is 0 Å². The van der Waals surface area contributed by atoms with Crippen molar-refractivity contribution >= 4 is 5.91 Å². The maximum absolute atomic E-state index is 11.4. The summed E-state index contributed by atoms with van der Waals surface area (Å²) in [4.78, 5) is 13.6. The molecule has 0 aliphatic carbocycles. The van der Waals surface area contributed by atoms with Gasteiger partial charge in [-0.25, -0.2) is 0 Å². The molecule has 22 heavy (non-hydrogen) atoms. The normalized spacial score (nSPS) is 16.8. The van der Waals surface area contributed by atoms with Crippen LogP contribution in [-0.4, -0.2) is 39.7 Å². The molecule has 1 unspecified atom stereocenters. The number of benzene rings is 1. The maximum atomic E-state index is 11.4. The highest BCUT2D eigenvalue weighted by Crippen LogP contribution is 2.28. The van der Waals surface area contributed by atoms with E-state index in [0.717, 1.165) is 37.2 Å². The summed E-state index contributed by atoms with van der Waals surface area (Å²) in [5.74, 6) is -0.257. The monoisotopic (exact) mass is 298 g/mol. The Morgan fingerprint density at radius 1 is 1.23 bits per heavy atom. The second-order valence-corrected chi connectivity index (χ2v) is 5.88. The van der Waals surface area contributed by atoms with Gasteiger partial charge in [-0.15, -0.1) is 0 Å². The Kier molecular flexibility index (Phi) is 3.98. The standard InChI is InChI=1S/C17H22N4O/c1-12(17(18)22)21-10-8-14-15(9-11-21)20(2)19-16(14)13-6-4-3-5-7-13/h3-7,12H,8-11H2,1-2H3,(H2,18,22). The van der Waals surface area contributed by atoms with E-state index < -0.39 is 0 Å². The molecule has 1 aliphatic rings. The molecule has 0 fully saturated rings. The molecule has 2 N–H and O–H groups in total. The number of hydrogen-bond acceptors (Lipinski definition) is 3. The van der Waals surface area contributed by atoms with Gasteiger partial charge in [-0.3, -0.25) is 14.4 Å². The number of amides is 1. The topological polar surface area (TPSA) is 64.2 Å². The molecule has 0 bridgehead atoms. The van der Waals surface area contributed by atoms with Crippen LogP contribution in [0.15, 0.2) is 30.3 Å². The molecule has 1 aliphatic heterocycles. The zero-order chi connectivity index (χ0) is 15.7. The van der Waals surface area contributed by atoms with Gasteiger partial charge in [0.2, 0.25) is 5.91 Å². The van der Waals surface area contributed by atoms with Crippen LogP contribution in [0.25, 0.3) is 11.3 Å². The summed E-state index contributed by atoms with van der Waals surface area (Å²) in [7, 11) is 2.00. The number of nitrogens with zero attached hydrogens (tertiary/aromatic N) is 3. The molecule has 1 aromatic carbocycles. The molecule has 3 rings (SSSR count). The molecule has 0 radical (unpaired) electrons. The van der Waals surface area contributed by atoms with Crippen molar-refractivity contribution in [2.75, 3.05) is 13.1 Å². The van der Waals surface area contributed by atoms with Crippen LogP contribution in [-0.2, 0) is 24.7 Å². The minimum atomic E-state index is -0.257. The second kappa shape index (κ2) is 5.93. The van der Waals surface area contributed by atoms with Crippen molar-refractivity contribution in [3.05, 3.63) is 41.6 Å². The van der Waals surface area contributed by atoms with Crippen molar-refractivity contribution in [1.29, 1.82) is 0 Å². The van der Waals surface area contributed by atoms with E-state index in [1.807, 2.05) is 36.9 Å². The van der Waals surface area contributed by atoms with Gasteiger partial charge in [0.15, 0.2) is 0 Å². The van der Waals surface area contributed by atoms with E-state index in [9.17, 15) is 4.79 Å². The quantitative estimate of drug-likeness (QED) is 0.930. The molecule has 1 aromatic heterocycles. The Bertz CT molecular complexity index is 677. The van der Waals surface area contributed by atoms with Crippen molar-refractivity contribution in [3.8, 4) is 11.3 Å². The molecule has 116 valence electrons. The van der Waals surface area contributed by atoms with Gasteiger partial charge in [0.05, 0.1) is 11.7 Å². The van der Waals surface area contributed by atoms with Crippen LogP contribution in [0.2, 0.25) is 0 Å². The molecule has 1 amide bonds. The molecule has 5 heteroatoms. The predicted octanol–water partition coefficient (Wildman–Crippen LogP) is 1.36. The smallest absolute Gasteiger partial charge is 0.234 e. The predicted molar refractivity (Wildman–Crippen MR) is 86.3 cm³/mol. The zero-order valence-electron chi connectivity index (χ0n) is 13.1. The number of nitrogens with two attached hydrogens (primary N) is 1. The average Bonchev–Trinajstić information content (AvgIpc) is 2.71. The van der Waals surface area contributed by atoms with E-state index in [1.165, 1.54) is 11.3 Å². The number of rotatable bonds is 3. The summed E-state index contributed by atoms with van der Waals surface area (Å²) in [5, 5.41) is 4.72. The lowest BCUT2D eigenvalue weighted by atomic mass is 10.0. The Labute approximate surface area is 130 Å². The van der Waals surface area contributed by atoms with Gasteiger partial charge in [-0.1, -0.05) is 30.3 Å². The molecule has 2 heterocycles. The summed E-state index contributed by atoms with van der Waals surface area (Å²) in [6.45, 7) is 3.56. The fourth-order valence-corrected chi connectivity index (χ4v) is 3.19. The molecular formula is C17H22N4O. The molecule has 0 spiro atoms. The van der Waals surface area contributed by atoms with E-state index in [2.05, 4.69) is 17.0 Å². The Balaban J connectivity index is 1.92. The molecule has 5 nitrogen and oxygen atoms in total. The van der Waals surface area contributed by atoms with Crippen LogP contribution in [0.5, 0.6) is 0 Å². The number of aromatic nitrogens is 2. The van der Waals surface area contributed by atoms with Crippen LogP contribution in [0.3, 0.4) is 0 Å². The largest absolute Gasteiger partial charge is 0.368 e. The first-order valence-corrected chi connectivity index (χ1v) is 7.71. The number of fused-ring (bicyclic) bond motifs is 1. The summed E-state index contributed by atoms with van der Waals surface area (Å²) in [6, 6.07) is 10.1. The number of carbonyl (C=O) groups is 1. The SMILES string of the molecule is CC(C(N)=O)N1CCc2c(-c3ccccc3)nn(C)c2CC1. The van der Waals surface area contributed by atoms with Gasteiger partial charge in [0.25, 0.3) is 0 Å². The third-order valence-electron chi connectivity index (χ3n) is 4.57. The number of hydrogen-bond donors (Lipinski definition) is 1. The van der Waals surface area contributed by atoms with Gasteiger partial charge in [-0.05, 0) is 13.3 Å². The number of aryl methyl sites for hydroxylation is 1. The summed E-state index contributed by atoms with van der Waals surface area (Å²) < 4.78 is 1.98. The first kappa shape index (κ1) is 14.8. The first-order chi connectivity index (χ1) is 10.6. The van der Waals surface area contributed by atoms with Crippen molar-refractivity contribution in [1.82, 2.24) is 14.7 Å². The minimum Gasteiger partial charge on any atom is -0.368 e. The highest BCUT2D eigenvalue weighted by atomic mass is 16.1. The van der Waals surface area contributed by atoms with Crippen molar-refractivity contribution in [2.24, 2.45) is 12.8 Å². The Hall–Kier alpha value is -2.14. The van der Waals surface area contributed by atoms with Gasteiger partial charge in [0.1, 0.15) is 0 Å². The first-order valence-electron chi connectivity index (χ1n) is 7.71. The number of primary amides is 1. The third-order valence-corrected chi connectivity index (χ3v) is 4.57. The maximum Gasteiger partial charge on any atom is 0.234 e. The molecular weight excluding hydrogens is 276 g/mol. The lowest BCUT2D eigenvalue weighted by Crippen LogP contribution is -2.43. The summed E-state index contributed by atoms with van der Waals surface area (Å²) in [6.07, 6.45) is 1.79. The van der Waals surface area contributed by atoms with Gasteiger partial charge in [-0.2, -0.15) is 5.10 Å². The fourth-order valence-electron chi connectivity index (χ4n) is 3.19. The number of carbonyl (C=O) groups excluding carboxylic acids is 1. The highest BCUT2D eigenvalue weighted by Gasteiger charge is 2.26. The van der Waals surface area contributed by atoms with Crippen molar-refractivity contribution < 1.29 is 4.79 Å². The van der Waals surface area contributed by atoms with Crippen LogP contribution < -0.4 is 5.73 Å². The van der Waals surface area contributed by atoms with Gasteiger partial charge < -0.3 is 5.73 Å². The van der Waals surface area contributed by atoms with Gasteiger partial charge >= 0.3 is 0 Å². The van der Waals surface area contributed by atoms with Crippen LogP contribution in [0.1, 0.15) is 18.2 Å². The minimum absolute atomic E-state index is 0.220.